The van der Waals surface area contributed by atoms with E-state index in [2.05, 4.69) is 10.6 Å². The lowest BCUT2D eigenvalue weighted by atomic mass is 10.2. The van der Waals surface area contributed by atoms with Crippen molar-refractivity contribution in [3.63, 3.8) is 0 Å². The molecule has 1 aromatic rings. The molecule has 1 heterocycles. The van der Waals surface area contributed by atoms with Gasteiger partial charge in [0.05, 0.1) is 7.11 Å². The van der Waals surface area contributed by atoms with E-state index in [4.69, 9.17) is 4.74 Å². The Morgan fingerprint density at radius 3 is 2.80 bits per heavy atom. The summed E-state index contributed by atoms with van der Waals surface area (Å²) >= 11 is 0. The van der Waals surface area contributed by atoms with E-state index in [-0.39, 0.29) is 0 Å². The number of rotatable bonds is 4. The van der Waals surface area contributed by atoms with Crippen molar-refractivity contribution in [1.29, 1.82) is 0 Å². The molecule has 15 heavy (non-hydrogen) atoms. The third-order valence-electron chi connectivity index (χ3n) is 2.80. The van der Waals surface area contributed by atoms with Gasteiger partial charge in [-0.15, -0.1) is 0 Å². The predicted molar refractivity (Wildman–Crippen MR) is 62.5 cm³/mol. The summed E-state index contributed by atoms with van der Waals surface area (Å²) in [7, 11) is 1.69. The van der Waals surface area contributed by atoms with Crippen LogP contribution in [0, 0.1) is 0 Å². The van der Waals surface area contributed by atoms with E-state index in [1.807, 2.05) is 24.3 Å². The molecule has 0 aromatic heterocycles. The van der Waals surface area contributed by atoms with Gasteiger partial charge in [-0.25, -0.2) is 0 Å². The van der Waals surface area contributed by atoms with Crippen LogP contribution < -0.4 is 15.4 Å². The van der Waals surface area contributed by atoms with Gasteiger partial charge in [0.15, 0.2) is 0 Å². The predicted octanol–water partition coefficient (Wildman–Crippen LogP) is 1.86. The Balaban J connectivity index is 1.82. The molecule has 2 N–H and O–H groups in total. The minimum absolute atomic E-state index is 0.632. The summed E-state index contributed by atoms with van der Waals surface area (Å²) in [6.07, 6.45) is 2.58. The van der Waals surface area contributed by atoms with E-state index in [0.29, 0.717) is 6.04 Å². The highest BCUT2D eigenvalue weighted by atomic mass is 16.5. The molecule has 82 valence electrons. The van der Waals surface area contributed by atoms with E-state index in [9.17, 15) is 0 Å². The van der Waals surface area contributed by atoms with Gasteiger partial charge in [-0.3, -0.25) is 0 Å². The van der Waals surface area contributed by atoms with Gasteiger partial charge in [0.1, 0.15) is 5.75 Å². The molecule has 0 spiro atoms. The van der Waals surface area contributed by atoms with Crippen molar-refractivity contribution < 1.29 is 4.74 Å². The number of ether oxygens (including phenoxy) is 1. The van der Waals surface area contributed by atoms with Crippen LogP contribution >= 0.6 is 0 Å². The maximum absolute atomic E-state index is 5.11. The lowest BCUT2D eigenvalue weighted by Gasteiger charge is -2.12. The number of benzene rings is 1. The highest BCUT2D eigenvalue weighted by molar-refractivity contribution is 5.46. The molecule has 2 rings (SSSR count). The summed E-state index contributed by atoms with van der Waals surface area (Å²) in [5.74, 6) is 0.902. The van der Waals surface area contributed by atoms with Crippen LogP contribution in [0.2, 0.25) is 0 Å². The third-order valence-corrected chi connectivity index (χ3v) is 2.80. The maximum Gasteiger partial charge on any atom is 0.119 e. The van der Waals surface area contributed by atoms with Gasteiger partial charge in [0.2, 0.25) is 0 Å². The fraction of sp³-hybridized carbons (Fsp3) is 0.500. The molecule has 0 unspecified atom stereocenters. The van der Waals surface area contributed by atoms with E-state index in [1.54, 1.807) is 7.11 Å². The number of nitrogens with one attached hydrogen (secondary N) is 2. The molecular weight excluding hydrogens is 188 g/mol. The van der Waals surface area contributed by atoms with Crippen molar-refractivity contribution in [2.24, 2.45) is 0 Å². The molecule has 1 aliphatic rings. The maximum atomic E-state index is 5.11. The van der Waals surface area contributed by atoms with Crippen molar-refractivity contribution in [3.8, 4) is 5.75 Å². The van der Waals surface area contributed by atoms with Gasteiger partial charge in [0, 0.05) is 18.3 Å². The Kier molecular flexibility index (Phi) is 3.45. The van der Waals surface area contributed by atoms with E-state index in [1.165, 1.54) is 12.8 Å². The van der Waals surface area contributed by atoms with Crippen molar-refractivity contribution in [3.05, 3.63) is 24.3 Å². The smallest absolute Gasteiger partial charge is 0.119 e. The van der Waals surface area contributed by atoms with E-state index >= 15 is 0 Å². The second-order valence-corrected chi connectivity index (χ2v) is 3.90. The molecule has 0 saturated carbocycles. The third kappa shape index (κ3) is 2.86. The Hall–Kier alpha value is -1.22. The largest absolute Gasteiger partial charge is 0.497 e. The van der Waals surface area contributed by atoms with Gasteiger partial charge in [0.25, 0.3) is 0 Å². The zero-order chi connectivity index (χ0) is 10.5. The summed E-state index contributed by atoms with van der Waals surface area (Å²) in [5.41, 5.74) is 1.16. The first-order valence-electron chi connectivity index (χ1n) is 5.50. The summed E-state index contributed by atoms with van der Waals surface area (Å²) in [4.78, 5) is 0. The molecular formula is C12H18N2O. The Labute approximate surface area is 90.8 Å². The SMILES string of the molecule is COc1ccc(NC[C@@H]2CCCN2)cc1. The average molecular weight is 206 g/mol. The summed E-state index contributed by atoms with van der Waals surface area (Å²) in [6, 6.07) is 8.68. The number of methoxy groups -OCH3 is 1. The molecule has 3 heteroatoms. The Bertz CT molecular complexity index is 291. The van der Waals surface area contributed by atoms with Crippen molar-refractivity contribution in [2.45, 2.75) is 18.9 Å². The number of anilines is 1. The van der Waals surface area contributed by atoms with Crippen molar-refractivity contribution in [2.75, 3.05) is 25.5 Å². The van der Waals surface area contributed by atoms with Crippen LogP contribution in [-0.2, 0) is 0 Å². The quantitative estimate of drug-likeness (QED) is 0.789. The first kappa shape index (κ1) is 10.3. The lowest BCUT2D eigenvalue weighted by molar-refractivity contribution is 0.415. The molecule has 0 aliphatic carbocycles. The van der Waals surface area contributed by atoms with Crippen LogP contribution in [0.25, 0.3) is 0 Å². The number of hydrogen-bond acceptors (Lipinski definition) is 3. The second-order valence-electron chi connectivity index (χ2n) is 3.90. The van der Waals surface area contributed by atoms with Crippen LogP contribution in [0.1, 0.15) is 12.8 Å². The van der Waals surface area contributed by atoms with Crippen LogP contribution in [0.5, 0.6) is 5.75 Å². The standard InChI is InChI=1S/C12H18N2O/c1-15-12-6-4-10(5-7-12)14-9-11-3-2-8-13-11/h4-7,11,13-14H,2-3,8-9H2,1H3/t11-/m0/s1. The minimum Gasteiger partial charge on any atom is -0.497 e. The first-order chi connectivity index (χ1) is 7.38. The van der Waals surface area contributed by atoms with Gasteiger partial charge >= 0.3 is 0 Å². The summed E-state index contributed by atoms with van der Waals surface area (Å²) < 4.78 is 5.11. The normalized spacial score (nSPS) is 20.2. The van der Waals surface area contributed by atoms with Crippen LogP contribution in [0.4, 0.5) is 5.69 Å². The van der Waals surface area contributed by atoms with Gasteiger partial charge < -0.3 is 15.4 Å². The average Bonchev–Trinajstić information content (AvgIpc) is 2.80. The summed E-state index contributed by atoms with van der Waals surface area (Å²) in [5, 5.41) is 6.88. The second kappa shape index (κ2) is 5.03. The minimum atomic E-state index is 0.632. The molecule has 1 aromatic carbocycles. The van der Waals surface area contributed by atoms with E-state index in [0.717, 1.165) is 24.5 Å². The van der Waals surface area contributed by atoms with Crippen LogP contribution in [-0.4, -0.2) is 26.2 Å². The molecule has 1 fully saturated rings. The molecule has 0 bridgehead atoms. The highest BCUT2D eigenvalue weighted by Crippen LogP contribution is 2.15. The fourth-order valence-corrected chi connectivity index (χ4v) is 1.88. The monoisotopic (exact) mass is 206 g/mol. The molecule has 0 amide bonds. The molecule has 3 nitrogen and oxygen atoms in total. The summed E-state index contributed by atoms with van der Waals surface area (Å²) in [6.45, 7) is 2.17. The van der Waals surface area contributed by atoms with Crippen LogP contribution in [0.15, 0.2) is 24.3 Å². The highest BCUT2D eigenvalue weighted by Gasteiger charge is 2.12. The molecule has 1 saturated heterocycles. The molecule has 1 atom stereocenters. The van der Waals surface area contributed by atoms with Gasteiger partial charge in [-0.1, -0.05) is 0 Å². The van der Waals surface area contributed by atoms with Gasteiger partial charge in [-0.2, -0.15) is 0 Å². The zero-order valence-corrected chi connectivity index (χ0v) is 9.12. The topological polar surface area (TPSA) is 33.3 Å². The fourth-order valence-electron chi connectivity index (χ4n) is 1.88. The Morgan fingerprint density at radius 1 is 1.40 bits per heavy atom. The van der Waals surface area contributed by atoms with E-state index < -0.39 is 0 Å². The number of hydrogen-bond donors (Lipinski definition) is 2. The molecule has 0 radical (unpaired) electrons. The zero-order valence-electron chi connectivity index (χ0n) is 9.12. The van der Waals surface area contributed by atoms with Crippen molar-refractivity contribution >= 4 is 5.69 Å². The Morgan fingerprint density at radius 2 is 2.20 bits per heavy atom. The lowest BCUT2D eigenvalue weighted by Crippen LogP contribution is -2.29. The molecule has 1 aliphatic heterocycles. The van der Waals surface area contributed by atoms with Crippen molar-refractivity contribution in [1.82, 2.24) is 5.32 Å². The first-order valence-corrected chi connectivity index (χ1v) is 5.50. The van der Waals surface area contributed by atoms with Crippen LogP contribution in [0.3, 0.4) is 0 Å². The van der Waals surface area contributed by atoms with Gasteiger partial charge in [-0.05, 0) is 43.7 Å².